The molecule has 0 aliphatic rings. The first kappa shape index (κ1) is 16.4. The Labute approximate surface area is 131 Å². The highest BCUT2D eigenvalue weighted by Crippen LogP contribution is 2.06. The lowest BCUT2D eigenvalue weighted by Crippen LogP contribution is -2.29. The second kappa shape index (κ2) is 7.87. The Hall–Kier alpha value is -2.97. The van der Waals surface area contributed by atoms with Gasteiger partial charge in [0.05, 0.1) is 13.3 Å². The van der Waals surface area contributed by atoms with E-state index in [4.69, 9.17) is 0 Å². The highest BCUT2D eigenvalue weighted by atomic mass is 19.1. The minimum absolute atomic E-state index is 0.0624. The van der Waals surface area contributed by atoms with E-state index in [1.807, 2.05) is 0 Å². The Morgan fingerprint density at radius 2 is 2.13 bits per heavy atom. The number of hydrogen-bond acceptors (Lipinski definition) is 5. The van der Waals surface area contributed by atoms with Crippen molar-refractivity contribution in [1.82, 2.24) is 20.3 Å². The van der Waals surface area contributed by atoms with E-state index in [9.17, 15) is 14.0 Å². The van der Waals surface area contributed by atoms with Crippen LogP contribution in [0.5, 0.6) is 0 Å². The summed E-state index contributed by atoms with van der Waals surface area (Å²) < 4.78 is 19.1. The van der Waals surface area contributed by atoms with E-state index in [1.165, 1.54) is 24.1 Å². The van der Waals surface area contributed by atoms with Crippen LogP contribution in [0.15, 0.2) is 30.5 Å². The molecule has 0 aliphatic carbocycles. The fraction of sp³-hybridized carbons (Fsp3) is 0.286. The van der Waals surface area contributed by atoms with Gasteiger partial charge in [-0.05, 0) is 18.1 Å². The van der Waals surface area contributed by atoms with Crippen LogP contribution in [-0.4, -0.2) is 40.6 Å². The van der Waals surface area contributed by atoms with E-state index in [0.717, 1.165) is 0 Å². The molecule has 0 radical (unpaired) electrons. The summed E-state index contributed by atoms with van der Waals surface area (Å²) in [7, 11) is 1.22. The van der Waals surface area contributed by atoms with Gasteiger partial charge >= 0.3 is 6.09 Å². The van der Waals surface area contributed by atoms with E-state index in [1.54, 1.807) is 18.2 Å². The molecule has 0 fully saturated rings. The molecule has 2 amide bonds. The Kier molecular flexibility index (Phi) is 5.61. The van der Waals surface area contributed by atoms with Gasteiger partial charge in [0.15, 0.2) is 5.82 Å². The molecule has 1 aromatic carbocycles. The number of hydrogen-bond donors (Lipinski definition) is 2. The molecule has 1 aromatic heterocycles. The SMILES string of the molecule is COC(=O)Nc1cn(CC(=O)NCCc2ccccc2F)nn1. The van der Waals surface area contributed by atoms with Crippen LogP contribution in [0.25, 0.3) is 0 Å². The van der Waals surface area contributed by atoms with Crippen molar-refractivity contribution < 1.29 is 18.7 Å². The third-order valence-electron chi connectivity index (χ3n) is 2.93. The maximum absolute atomic E-state index is 13.4. The van der Waals surface area contributed by atoms with Gasteiger partial charge < -0.3 is 10.1 Å². The van der Waals surface area contributed by atoms with Gasteiger partial charge in [-0.3, -0.25) is 10.1 Å². The van der Waals surface area contributed by atoms with Crippen LogP contribution in [-0.2, 0) is 22.5 Å². The molecule has 0 spiro atoms. The van der Waals surface area contributed by atoms with Gasteiger partial charge in [-0.1, -0.05) is 23.4 Å². The summed E-state index contributed by atoms with van der Waals surface area (Å²) in [5, 5.41) is 12.4. The van der Waals surface area contributed by atoms with Crippen molar-refractivity contribution in [3.05, 3.63) is 41.8 Å². The van der Waals surface area contributed by atoms with Gasteiger partial charge in [-0.2, -0.15) is 0 Å². The summed E-state index contributed by atoms with van der Waals surface area (Å²) >= 11 is 0. The number of nitrogens with one attached hydrogen (secondary N) is 2. The lowest BCUT2D eigenvalue weighted by molar-refractivity contribution is -0.121. The van der Waals surface area contributed by atoms with Crippen molar-refractivity contribution in [2.24, 2.45) is 0 Å². The number of methoxy groups -OCH3 is 1. The summed E-state index contributed by atoms with van der Waals surface area (Å²) in [5.41, 5.74) is 0.540. The summed E-state index contributed by atoms with van der Waals surface area (Å²) in [4.78, 5) is 22.8. The second-order valence-electron chi connectivity index (χ2n) is 4.61. The van der Waals surface area contributed by atoms with Crippen molar-refractivity contribution in [3.8, 4) is 0 Å². The van der Waals surface area contributed by atoms with Gasteiger partial charge in [0, 0.05) is 6.54 Å². The van der Waals surface area contributed by atoms with Crippen LogP contribution in [0, 0.1) is 5.82 Å². The zero-order chi connectivity index (χ0) is 16.7. The van der Waals surface area contributed by atoms with Crippen LogP contribution < -0.4 is 10.6 Å². The third kappa shape index (κ3) is 5.06. The zero-order valence-corrected chi connectivity index (χ0v) is 12.5. The molecular weight excluding hydrogens is 305 g/mol. The number of rotatable bonds is 6. The number of amides is 2. The highest BCUT2D eigenvalue weighted by molar-refractivity contribution is 5.82. The molecule has 0 saturated heterocycles. The molecule has 8 nitrogen and oxygen atoms in total. The molecule has 0 aliphatic heterocycles. The molecule has 2 aromatic rings. The van der Waals surface area contributed by atoms with E-state index in [0.29, 0.717) is 18.5 Å². The molecule has 0 atom stereocenters. The molecule has 23 heavy (non-hydrogen) atoms. The van der Waals surface area contributed by atoms with Crippen molar-refractivity contribution in [1.29, 1.82) is 0 Å². The lowest BCUT2D eigenvalue weighted by Gasteiger charge is -2.06. The van der Waals surface area contributed by atoms with E-state index >= 15 is 0 Å². The first-order valence-electron chi connectivity index (χ1n) is 6.83. The van der Waals surface area contributed by atoms with Gasteiger partial charge in [-0.15, -0.1) is 5.10 Å². The van der Waals surface area contributed by atoms with E-state index < -0.39 is 6.09 Å². The van der Waals surface area contributed by atoms with Crippen LogP contribution >= 0.6 is 0 Å². The maximum atomic E-state index is 13.4. The first-order valence-corrected chi connectivity index (χ1v) is 6.83. The number of carbonyl (C=O) groups is 2. The minimum atomic E-state index is -0.675. The molecule has 0 unspecified atom stereocenters. The number of aromatic nitrogens is 3. The third-order valence-corrected chi connectivity index (χ3v) is 2.93. The Morgan fingerprint density at radius 3 is 2.87 bits per heavy atom. The molecule has 0 bridgehead atoms. The zero-order valence-electron chi connectivity index (χ0n) is 12.5. The number of anilines is 1. The average molecular weight is 321 g/mol. The van der Waals surface area contributed by atoms with Crippen LogP contribution in [0.1, 0.15) is 5.56 Å². The topological polar surface area (TPSA) is 98.1 Å². The minimum Gasteiger partial charge on any atom is -0.453 e. The fourth-order valence-electron chi connectivity index (χ4n) is 1.83. The van der Waals surface area contributed by atoms with E-state index in [-0.39, 0.29) is 24.1 Å². The Balaban J connectivity index is 1.77. The fourth-order valence-corrected chi connectivity index (χ4v) is 1.83. The van der Waals surface area contributed by atoms with Crippen LogP contribution in [0.2, 0.25) is 0 Å². The summed E-state index contributed by atoms with van der Waals surface area (Å²) in [6.45, 7) is 0.245. The first-order chi connectivity index (χ1) is 11.1. The molecule has 0 saturated carbocycles. The molecule has 9 heteroatoms. The smallest absolute Gasteiger partial charge is 0.412 e. The number of nitrogens with zero attached hydrogens (tertiary/aromatic N) is 3. The molecule has 2 N–H and O–H groups in total. The quantitative estimate of drug-likeness (QED) is 0.825. The number of ether oxygens (including phenoxy) is 1. The summed E-state index contributed by atoms with van der Waals surface area (Å²) in [6, 6.07) is 6.40. The van der Waals surface area contributed by atoms with E-state index in [2.05, 4.69) is 25.7 Å². The van der Waals surface area contributed by atoms with Gasteiger partial charge in [-0.25, -0.2) is 13.9 Å². The maximum Gasteiger partial charge on any atom is 0.412 e. The highest BCUT2D eigenvalue weighted by Gasteiger charge is 2.08. The van der Waals surface area contributed by atoms with Gasteiger partial charge in [0.25, 0.3) is 0 Å². The average Bonchev–Trinajstić information content (AvgIpc) is 2.96. The molecule has 1 heterocycles. The predicted octanol–water partition coefficient (Wildman–Crippen LogP) is 0.954. The summed E-state index contributed by atoms with van der Waals surface area (Å²) in [6.07, 6.45) is 1.12. The lowest BCUT2D eigenvalue weighted by atomic mass is 10.1. The number of halogens is 1. The van der Waals surface area contributed by atoms with Gasteiger partial charge in [0.1, 0.15) is 12.4 Å². The molecule has 122 valence electrons. The number of carbonyl (C=O) groups excluding carboxylic acids is 2. The number of benzene rings is 1. The summed E-state index contributed by atoms with van der Waals surface area (Å²) in [5.74, 6) is -0.414. The molecule has 2 rings (SSSR count). The van der Waals surface area contributed by atoms with Crippen molar-refractivity contribution >= 4 is 17.8 Å². The largest absolute Gasteiger partial charge is 0.453 e. The standard InChI is InChI=1S/C14H16FN5O3/c1-23-14(22)17-12-8-20(19-18-12)9-13(21)16-7-6-10-4-2-3-5-11(10)15/h2-5,8H,6-7,9H2,1H3,(H,16,21)(H,17,22). The second-order valence-corrected chi connectivity index (χ2v) is 4.61. The van der Waals surface area contributed by atoms with Crippen LogP contribution in [0.3, 0.4) is 0 Å². The molecular formula is C14H16FN5O3. The van der Waals surface area contributed by atoms with Gasteiger partial charge in [0.2, 0.25) is 5.91 Å². The Bertz CT molecular complexity index is 689. The van der Waals surface area contributed by atoms with Crippen molar-refractivity contribution in [2.75, 3.05) is 19.0 Å². The van der Waals surface area contributed by atoms with Crippen molar-refractivity contribution in [2.45, 2.75) is 13.0 Å². The predicted molar refractivity (Wildman–Crippen MR) is 79.2 cm³/mol. The van der Waals surface area contributed by atoms with Crippen molar-refractivity contribution in [3.63, 3.8) is 0 Å². The Morgan fingerprint density at radius 1 is 1.35 bits per heavy atom. The monoisotopic (exact) mass is 321 g/mol. The normalized spacial score (nSPS) is 10.2. The van der Waals surface area contributed by atoms with Crippen LogP contribution in [0.4, 0.5) is 15.0 Å².